The molecule has 0 aliphatic heterocycles. The van der Waals surface area contributed by atoms with E-state index in [1.165, 1.54) is 0 Å². The van der Waals surface area contributed by atoms with Gasteiger partial charge in [0.15, 0.2) is 12.4 Å². The second kappa shape index (κ2) is 8.10. The molecule has 0 atom stereocenters. The first-order valence-corrected chi connectivity index (χ1v) is 7.73. The molecule has 6 heteroatoms. The first-order chi connectivity index (χ1) is 11.5. The number of esters is 1. The van der Waals surface area contributed by atoms with E-state index in [1.54, 1.807) is 35.8 Å². The summed E-state index contributed by atoms with van der Waals surface area (Å²) in [5.74, 6) is -0.506. The zero-order chi connectivity index (χ0) is 17.5. The third-order valence-electron chi connectivity index (χ3n) is 3.40. The fourth-order valence-corrected chi connectivity index (χ4v) is 2.12. The van der Waals surface area contributed by atoms with Gasteiger partial charge >= 0.3 is 5.97 Å². The molecule has 126 valence electrons. The summed E-state index contributed by atoms with van der Waals surface area (Å²) >= 11 is 0. The smallest absolute Gasteiger partial charge is 0.338 e. The lowest BCUT2D eigenvalue weighted by atomic mass is 10.2. The molecule has 1 amide bonds. The van der Waals surface area contributed by atoms with Crippen molar-refractivity contribution in [3.63, 3.8) is 0 Å². The molecule has 0 saturated heterocycles. The van der Waals surface area contributed by atoms with Gasteiger partial charge in [-0.25, -0.2) is 4.79 Å². The summed E-state index contributed by atoms with van der Waals surface area (Å²) in [6, 6.07) is 10.5. The molecule has 0 unspecified atom stereocenters. The van der Waals surface area contributed by atoms with Crippen LogP contribution in [0.15, 0.2) is 48.8 Å². The number of benzene rings is 1. The molecule has 1 N–H and O–H groups in total. The molecule has 0 saturated carbocycles. The number of rotatable bonds is 6. The molecular formula is C18H22N3O3+. The molecule has 1 aromatic carbocycles. The van der Waals surface area contributed by atoms with Crippen molar-refractivity contribution in [2.45, 2.75) is 13.5 Å². The van der Waals surface area contributed by atoms with Crippen LogP contribution in [0.2, 0.25) is 0 Å². The summed E-state index contributed by atoms with van der Waals surface area (Å²) in [5.41, 5.74) is 2.17. The first-order valence-electron chi connectivity index (χ1n) is 7.73. The van der Waals surface area contributed by atoms with Gasteiger partial charge in [0.25, 0.3) is 5.91 Å². The summed E-state index contributed by atoms with van der Waals surface area (Å²) in [6.07, 6.45) is 3.72. The van der Waals surface area contributed by atoms with E-state index in [0.717, 1.165) is 5.69 Å². The van der Waals surface area contributed by atoms with Crippen molar-refractivity contribution in [1.82, 2.24) is 0 Å². The van der Waals surface area contributed by atoms with Crippen molar-refractivity contribution in [3.8, 4) is 0 Å². The first kappa shape index (κ1) is 17.5. The Hall–Kier alpha value is -2.89. The molecule has 0 radical (unpaired) electrons. The van der Waals surface area contributed by atoms with Gasteiger partial charge in [-0.3, -0.25) is 4.79 Å². The van der Waals surface area contributed by atoms with Crippen LogP contribution in [0.5, 0.6) is 0 Å². The number of nitrogens with one attached hydrogen (secondary N) is 1. The van der Waals surface area contributed by atoms with Crippen LogP contribution < -0.4 is 14.8 Å². The van der Waals surface area contributed by atoms with E-state index in [2.05, 4.69) is 5.32 Å². The number of nitrogens with zero attached hydrogens (tertiary/aromatic N) is 2. The fourth-order valence-electron chi connectivity index (χ4n) is 2.12. The van der Waals surface area contributed by atoms with Crippen molar-refractivity contribution in [2.75, 3.05) is 30.9 Å². The molecule has 0 fully saturated rings. The van der Waals surface area contributed by atoms with E-state index < -0.39 is 0 Å². The number of pyridine rings is 1. The van der Waals surface area contributed by atoms with Gasteiger partial charge in [0.1, 0.15) is 0 Å². The molecule has 0 aliphatic rings. The monoisotopic (exact) mass is 328 g/mol. The number of carbonyl (C=O) groups excluding carboxylic acids is 2. The Morgan fingerprint density at radius 3 is 2.25 bits per heavy atom. The van der Waals surface area contributed by atoms with Crippen LogP contribution in [-0.2, 0) is 16.1 Å². The van der Waals surface area contributed by atoms with Crippen molar-refractivity contribution in [3.05, 3.63) is 54.4 Å². The number of ether oxygens (including phenoxy) is 1. The fraction of sp³-hybridized carbons (Fsp3) is 0.278. The van der Waals surface area contributed by atoms with E-state index in [-0.39, 0.29) is 18.4 Å². The minimum absolute atomic E-state index is 0.138. The number of aromatic nitrogens is 1. The average molecular weight is 328 g/mol. The van der Waals surface area contributed by atoms with Crippen molar-refractivity contribution >= 4 is 23.3 Å². The second-order valence-electron chi connectivity index (χ2n) is 5.47. The minimum Gasteiger partial charge on any atom is -0.462 e. The van der Waals surface area contributed by atoms with Crippen LogP contribution >= 0.6 is 0 Å². The molecule has 1 heterocycles. The standard InChI is InChI=1S/C18H21N3O3/c1-4-24-18(23)14-5-7-15(8-6-14)19-17(22)13-21-11-9-16(10-12-21)20(2)3/h5-12H,4,13H2,1-3H3/p+1. The molecule has 24 heavy (non-hydrogen) atoms. The molecule has 1 aromatic heterocycles. The Bertz CT molecular complexity index is 694. The molecule has 0 spiro atoms. The number of anilines is 2. The summed E-state index contributed by atoms with van der Waals surface area (Å²) in [4.78, 5) is 25.7. The lowest BCUT2D eigenvalue weighted by molar-refractivity contribution is -0.684. The van der Waals surface area contributed by atoms with Gasteiger partial charge in [-0.15, -0.1) is 0 Å². The molecule has 2 rings (SSSR count). The summed E-state index contributed by atoms with van der Waals surface area (Å²) in [7, 11) is 3.93. The number of hydrogen-bond donors (Lipinski definition) is 1. The van der Waals surface area contributed by atoms with E-state index >= 15 is 0 Å². The Labute approximate surface area is 141 Å². The molecule has 0 aliphatic carbocycles. The minimum atomic E-state index is -0.369. The predicted octanol–water partition coefficient (Wildman–Crippen LogP) is 1.86. The third-order valence-corrected chi connectivity index (χ3v) is 3.40. The van der Waals surface area contributed by atoms with Crippen molar-refractivity contribution in [2.24, 2.45) is 0 Å². The number of amides is 1. The Balaban J connectivity index is 1.93. The van der Waals surface area contributed by atoms with E-state index in [4.69, 9.17) is 4.74 Å². The van der Waals surface area contributed by atoms with Gasteiger partial charge in [-0.05, 0) is 31.2 Å². The Morgan fingerprint density at radius 2 is 1.71 bits per heavy atom. The summed E-state index contributed by atoms with van der Waals surface area (Å²) < 4.78 is 6.72. The largest absolute Gasteiger partial charge is 0.462 e. The second-order valence-corrected chi connectivity index (χ2v) is 5.47. The van der Waals surface area contributed by atoms with Crippen LogP contribution in [0.4, 0.5) is 11.4 Å². The maximum atomic E-state index is 12.1. The van der Waals surface area contributed by atoms with E-state index in [0.29, 0.717) is 17.9 Å². The van der Waals surface area contributed by atoms with Gasteiger partial charge in [-0.1, -0.05) is 0 Å². The zero-order valence-corrected chi connectivity index (χ0v) is 14.2. The van der Waals surface area contributed by atoms with Crippen LogP contribution in [0.25, 0.3) is 0 Å². The highest BCUT2D eigenvalue weighted by molar-refractivity contribution is 5.92. The van der Waals surface area contributed by atoms with Crippen LogP contribution in [-0.4, -0.2) is 32.6 Å². The van der Waals surface area contributed by atoms with Gasteiger partial charge < -0.3 is 15.0 Å². The number of hydrogen-bond acceptors (Lipinski definition) is 4. The summed E-state index contributed by atoms with van der Waals surface area (Å²) in [5, 5.41) is 2.80. The average Bonchev–Trinajstić information content (AvgIpc) is 2.56. The third kappa shape index (κ3) is 4.81. The van der Waals surface area contributed by atoms with Gasteiger partial charge in [0, 0.05) is 37.6 Å². The van der Waals surface area contributed by atoms with Crippen molar-refractivity contribution in [1.29, 1.82) is 0 Å². The highest BCUT2D eigenvalue weighted by atomic mass is 16.5. The van der Waals surface area contributed by atoms with Crippen LogP contribution in [0.1, 0.15) is 17.3 Å². The molecule has 2 aromatic rings. The normalized spacial score (nSPS) is 10.1. The van der Waals surface area contributed by atoms with Crippen LogP contribution in [0.3, 0.4) is 0 Å². The van der Waals surface area contributed by atoms with Gasteiger partial charge in [-0.2, -0.15) is 4.57 Å². The SMILES string of the molecule is CCOC(=O)c1ccc(NC(=O)C[n+]2ccc(N(C)C)cc2)cc1. The van der Waals surface area contributed by atoms with Gasteiger partial charge in [0.05, 0.1) is 12.2 Å². The lowest BCUT2D eigenvalue weighted by Crippen LogP contribution is -2.39. The van der Waals surface area contributed by atoms with Crippen LogP contribution in [0, 0.1) is 0 Å². The predicted molar refractivity (Wildman–Crippen MR) is 92.0 cm³/mol. The molecule has 6 nitrogen and oxygen atoms in total. The highest BCUT2D eigenvalue weighted by Gasteiger charge is 2.11. The summed E-state index contributed by atoms with van der Waals surface area (Å²) in [6.45, 7) is 2.31. The van der Waals surface area contributed by atoms with Crippen molar-refractivity contribution < 1.29 is 18.9 Å². The maximum absolute atomic E-state index is 12.1. The highest BCUT2D eigenvalue weighted by Crippen LogP contribution is 2.11. The van der Waals surface area contributed by atoms with Gasteiger partial charge in [0.2, 0.25) is 6.54 Å². The Morgan fingerprint density at radius 1 is 1.08 bits per heavy atom. The Kier molecular flexibility index (Phi) is 5.89. The topological polar surface area (TPSA) is 62.5 Å². The molecule has 0 bridgehead atoms. The van der Waals surface area contributed by atoms with E-state index in [1.807, 2.05) is 43.5 Å². The maximum Gasteiger partial charge on any atom is 0.338 e. The molecular weight excluding hydrogens is 306 g/mol. The van der Waals surface area contributed by atoms with E-state index in [9.17, 15) is 9.59 Å². The lowest BCUT2D eigenvalue weighted by Gasteiger charge is -2.10. The quantitative estimate of drug-likeness (QED) is 0.649. The number of carbonyl (C=O) groups is 2. The zero-order valence-electron chi connectivity index (χ0n) is 14.2.